The van der Waals surface area contributed by atoms with E-state index in [4.69, 9.17) is 0 Å². The van der Waals surface area contributed by atoms with E-state index >= 15 is 0 Å². The fraction of sp³-hybridized carbons (Fsp3) is 0.240. The standard InChI is InChI=1S/C25H26N2O2/c1-18-16-21(14-15-26-18)24(23-7-5-4-6-22(23)17-28)13-10-19-8-11-20(12-9-19)25(29)27(2)3/h4-9,11-12,14-17,24H,10,13H2,1-3H3/t24-/m1/s1. The maximum atomic E-state index is 12.1. The van der Waals surface area contributed by atoms with Crippen molar-refractivity contribution in [2.45, 2.75) is 25.7 Å². The molecule has 0 aliphatic heterocycles. The van der Waals surface area contributed by atoms with E-state index in [9.17, 15) is 9.59 Å². The van der Waals surface area contributed by atoms with E-state index in [0.717, 1.165) is 41.5 Å². The van der Waals surface area contributed by atoms with Gasteiger partial charge in [-0.2, -0.15) is 0 Å². The molecule has 0 bridgehead atoms. The zero-order valence-electron chi connectivity index (χ0n) is 17.1. The summed E-state index contributed by atoms with van der Waals surface area (Å²) < 4.78 is 0. The van der Waals surface area contributed by atoms with Crippen LogP contribution in [0.25, 0.3) is 0 Å². The van der Waals surface area contributed by atoms with Gasteiger partial charge in [-0.15, -0.1) is 0 Å². The van der Waals surface area contributed by atoms with E-state index < -0.39 is 0 Å². The van der Waals surface area contributed by atoms with Gasteiger partial charge in [-0.05, 0) is 60.7 Å². The summed E-state index contributed by atoms with van der Waals surface area (Å²) in [5.74, 6) is 0.0998. The number of pyridine rings is 1. The molecule has 4 nitrogen and oxygen atoms in total. The molecule has 0 radical (unpaired) electrons. The van der Waals surface area contributed by atoms with Crippen LogP contribution in [0.3, 0.4) is 0 Å². The van der Waals surface area contributed by atoms with Crippen molar-refractivity contribution in [1.82, 2.24) is 9.88 Å². The first-order chi connectivity index (χ1) is 14.0. The molecule has 0 unspecified atom stereocenters. The molecular weight excluding hydrogens is 360 g/mol. The molecule has 4 heteroatoms. The highest BCUT2D eigenvalue weighted by Gasteiger charge is 2.18. The summed E-state index contributed by atoms with van der Waals surface area (Å²) in [7, 11) is 3.50. The second kappa shape index (κ2) is 9.28. The molecule has 0 saturated carbocycles. The zero-order valence-corrected chi connectivity index (χ0v) is 17.1. The van der Waals surface area contributed by atoms with Gasteiger partial charge >= 0.3 is 0 Å². The lowest BCUT2D eigenvalue weighted by Crippen LogP contribution is -2.21. The van der Waals surface area contributed by atoms with E-state index in [-0.39, 0.29) is 11.8 Å². The Morgan fingerprint density at radius 3 is 2.45 bits per heavy atom. The molecule has 0 aliphatic carbocycles. The van der Waals surface area contributed by atoms with Gasteiger partial charge in [-0.25, -0.2) is 0 Å². The van der Waals surface area contributed by atoms with Gasteiger partial charge in [0.2, 0.25) is 0 Å². The number of aryl methyl sites for hydroxylation is 2. The molecule has 0 saturated heterocycles. The lowest BCUT2D eigenvalue weighted by Gasteiger charge is -2.20. The Kier molecular flexibility index (Phi) is 6.55. The number of aromatic nitrogens is 1. The predicted octanol–water partition coefficient (Wildman–Crippen LogP) is 4.67. The fourth-order valence-corrected chi connectivity index (χ4v) is 3.60. The zero-order chi connectivity index (χ0) is 20.8. The molecule has 2 aromatic carbocycles. The number of aldehydes is 1. The van der Waals surface area contributed by atoms with Crippen LogP contribution in [0.2, 0.25) is 0 Å². The lowest BCUT2D eigenvalue weighted by atomic mass is 9.84. The summed E-state index contributed by atoms with van der Waals surface area (Å²) in [5, 5.41) is 0. The Labute approximate surface area is 172 Å². The molecule has 1 amide bonds. The van der Waals surface area contributed by atoms with Crippen molar-refractivity contribution >= 4 is 12.2 Å². The van der Waals surface area contributed by atoms with Crippen LogP contribution in [0.15, 0.2) is 66.9 Å². The smallest absolute Gasteiger partial charge is 0.253 e. The summed E-state index contributed by atoms with van der Waals surface area (Å²) in [6.45, 7) is 1.98. The minimum Gasteiger partial charge on any atom is -0.345 e. The number of rotatable bonds is 7. The first-order valence-corrected chi connectivity index (χ1v) is 9.77. The maximum Gasteiger partial charge on any atom is 0.253 e. The summed E-state index contributed by atoms with van der Waals surface area (Å²) >= 11 is 0. The van der Waals surface area contributed by atoms with Crippen LogP contribution in [0, 0.1) is 6.92 Å². The Bertz CT molecular complexity index is 994. The van der Waals surface area contributed by atoms with Gasteiger partial charge < -0.3 is 4.90 Å². The highest BCUT2D eigenvalue weighted by atomic mass is 16.2. The monoisotopic (exact) mass is 386 g/mol. The van der Waals surface area contributed by atoms with E-state index in [2.05, 4.69) is 11.1 Å². The number of nitrogens with zero attached hydrogens (tertiary/aromatic N) is 2. The minimum atomic E-state index is 0.00148. The van der Waals surface area contributed by atoms with E-state index in [1.807, 2.05) is 67.7 Å². The van der Waals surface area contributed by atoms with Crippen LogP contribution < -0.4 is 0 Å². The molecule has 0 spiro atoms. The fourth-order valence-electron chi connectivity index (χ4n) is 3.60. The number of carbonyl (C=O) groups excluding carboxylic acids is 2. The molecular formula is C25H26N2O2. The van der Waals surface area contributed by atoms with Crippen molar-refractivity contribution in [2.24, 2.45) is 0 Å². The van der Waals surface area contributed by atoms with Gasteiger partial charge in [0.1, 0.15) is 6.29 Å². The molecule has 3 aromatic rings. The Balaban J connectivity index is 1.86. The second-order valence-electron chi connectivity index (χ2n) is 7.47. The number of carbonyl (C=O) groups is 2. The van der Waals surface area contributed by atoms with Crippen molar-refractivity contribution in [3.05, 3.63) is 100 Å². The van der Waals surface area contributed by atoms with Gasteiger partial charge in [-0.3, -0.25) is 14.6 Å². The van der Waals surface area contributed by atoms with Gasteiger partial charge in [-0.1, -0.05) is 36.4 Å². The van der Waals surface area contributed by atoms with Crippen molar-refractivity contribution in [1.29, 1.82) is 0 Å². The first kappa shape index (κ1) is 20.5. The van der Waals surface area contributed by atoms with Gasteiger partial charge in [0.25, 0.3) is 5.91 Å². The molecule has 1 heterocycles. The highest BCUT2D eigenvalue weighted by Crippen LogP contribution is 2.31. The third kappa shape index (κ3) is 4.96. The molecule has 1 atom stereocenters. The maximum absolute atomic E-state index is 12.1. The average Bonchev–Trinajstić information content (AvgIpc) is 2.74. The van der Waals surface area contributed by atoms with Crippen LogP contribution in [-0.2, 0) is 6.42 Å². The van der Waals surface area contributed by atoms with Crippen molar-refractivity contribution in [3.8, 4) is 0 Å². The molecule has 0 aliphatic rings. The molecule has 0 fully saturated rings. The Morgan fingerprint density at radius 1 is 1.07 bits per heavy atom. The van der Waals surface area contributed by atoms with Gasteiger partial charge in [0.15, 0.2) is 0 Å². The molecule has 3 rings (SSSR count). The summed E-state index contributed by atoms with van der Waals surface area (Å²) in [6, 6.07) is 19.7. The van der Waals surface area contributed by atoms with E-state index in [1.165, 1.54) is 5.56 Å². The van der Waals surface area contributed by atoms with Crippen molar-refractivity contribution in [2.75, 3.05) is 14.1 Å². The lowest BCUT2D eigenvalue weighted by molar-refractivity contribution is 0.0827. The summed E-state index contributed by atoms with van der Waals surface area (Å²) in [6.07, 6.45) is 4.45. The Morgan fingerprint density at radius 2 is 1.79 bits per heavy atom. The second-order valence-corrected chi connectivity index (χ2v) is 7.47. The third-order valence-electron chi connectivity index (χ3n) is 5.15. The number of amides is 1. The quantitative estimate of drug-likeness (QED) is 0.555. The summed E-state index contributed by atoms with van der Waals surface area (Å²) in [4.78, 5) is 29.6. The SMILES string of the molecule is Cc1cc([C@@H](CCc2ccc(C(=O)N(C)C)cc2)c2ccccc2C=O)ccn1. The molecule has 1 aromatic heterocycles. The van der Waals surface area contributed by atoms with E-state index in [1.54, 1.807) is 19.0 Å². The van der Waals surface area contributed by atoms with Crippen LogP contribution in [0.1, 0.15) is 55.4 Å². The highest BCUT2D eigenvalue weighted by molar-refractivity contribution is 5.93. The van der Waals surface area contributed by atoms with Crippen molar-refractivity contribution in [3.63, 3.8) is 0 Å². The summed E-state index contributed by atoms with van der Waals surface area (Å²) in [5.41, 5.74) is 5.73. The average molecular weight is 386 g/mol. The number of hydrogen-bond acceptors (Lipinski definition) is 3. The molecule has 0 N–H and O–H groups in total. The molecule has 29 heavy (non-hydrogen) atoms. The predicted molar refractivity (Wildman–Crippen MR) is 115 cm³/mol. The van der Waals surface area contributed by atoms with Crippen LogP contribution >= 0.6 is 0 Å². The Hall–Kier alpha value is -3.27. The topological polar surface area (TPSA) is 50.3 Å². The number of hydrogen-bond donors (Lipinski definition) is 0. The normalized spacial score (nSPS) is 11.7. The van der Waals surface area contributed by atoms with Crippen molar-refractivity contribution < 1.29 is 9.59 Å². The number of benzene rings is 2. The minimum absolute atomic E-state index is 0.00148. The van der Waals surface area contributed by atoms with Crippen LogP contribution in [-0.4, -0.2) is 36.2 Å². The molecule has 148 valence electrons. The first-order valence-electron chi connectivity index (χ1n) is 9.77. The van der Waals surface area contributed by atoms with Gasteiger partial charge in [0.05, 0.1) is 0 Å². The third-order valence-corrected chi connectivity index (χ3v) is 5.15. The van der Waals surface area contributed by atoms with Gasteiger partial charge in [0, 0.05) is 43.0 Å². The largest absolute Gasteiger partial charge is 0.345 e. The van der Waals surface area contributed by atoms with Crippen LogP contribution in [0.4, 0.5) is 0 Å². The van der Waals surface area contributed by atoms with E-state index in [0.29, 0.717) is 5.56 Å². The van der Waals surface area contributed by atoms with Crippen LogP contribution in [0.5, 0.6) is 0 Å².